The molecule has 1 aromatic carbocycles. The number of aromatic nitrogens is 3. The molecule has 1 atom stereocenters. The largest absolute Gasteiger partial charge is 0.465 e. The van der Waals surface area contributed by atoms with Crippen molar-refractivity contribution >= 4 is 11.9 Å². The van der Waals surface area contributed by atoms with Crippen LogP contribution in [-0.2, 0) is 16.6 Å². The van der Waals surface area contributed by atoms with E-state index < -0.39 is 5.92 Å². The molecule has 0 saturated heterocycles. The number of nitrogens with zero attached hydrogens (tertiary/aromatic N) is 3. The Labute approximate surface area is 124 Å². The second kappa shape index (κ2) is 6.39. The molecule has 0 aliphatic carbocycles. The minimum atomic E-state index is -0.579. The first-order valence-corrected chi connectivity index (χ1v) is 6.88. The number of benzene rings is 1. The van der Waals surface area contributed by atoms with Gasteiger partial charge in [0.15, 0.2) is 5.82 Å². The predicted molar refractivity (Wildman–Crippen MR) is 80.2 cm³/mol. The Balaban J connectivity index is 2.47. The minimum absolute atomic E-state index is 0.320. The van der Waals surface area contributed by atoms with Crippen molar-refractivity contribution in [3.8, 4) is 0 Å². The van der Waals surface area contributed by atoms with Crippen molar-refractivity contribution in [3.63, 3.8) is 0 Å². The average Bonchev–Trinajstić information content (AvgIpc) is 2.83. The first-order valence-electron chi connectivity index (χ1n) is 6.88. The highest BCUT2D eigenvalue weighted by atomic mass is 16.5. The summed E-state index contributed by atoms with van der Waals surface area (Å²) in [6.45, 7) is 4.13. The molecule has 112 valence electrons. The number of nitrogens with one attached hydrogen (secondary N) is 1. The van der Waals surface area contributed by atoms with Crippen LogP contribution in [0.5, 0.6) is 0 Å². The van der Waals surface area contributed by atoms with Gasteiger partial charge >= 0.3 is 5.97 Å². The lowest BCUT2D eigenvalue weighted by Gasteiger charge is -2.15. The Morgan fingerprint density at radius 1 is 1.33 bits per heavy atom. The Hall–Kier alpha value is -2.37. The number of aryl methyl sites for hydroxylation is 1. The topological polar surface area (TPSA) is 69.0 Å². The molecule has 6 heteroatoms. The number of carbonyl (C=O) groups excluding carboxylic acids is 1. The highest BCUT2D eigenvalue weighted by Crippen LogP contribution is 2.26. The average molecular weight is 288 g/mol. The van der Waals surface area contributed by atoms with Crippen LogP contribution < -0.4 is 5.32 Å². The van der Waals surface area contributed by atoms with E-state index in [-0.39, 0.29) is 5.97 Å². The summed E-state index contributed by atoms with van der Waals surface area (Å²) < 4.78 is 6.97. The van der Waals surface area contributed by atoms with E-state index in [0.29, 0.717) is 18.4 Å². The van der Waals surface area contributed by atoms with Gasteiger partial charge in [0, 0.05) is 14.1 Å². The molecule has 0 saturated carbocycles. The van der Waals surface area contributed by atoms with Gasteiger partial charge in [0.1, 0.15) is 5.92 Å². The van der Waals surface area contributed by atoms with Crippen LogP contribution in [0.4, 0.5) is 5.95 Å². The molecule has 1 heterocycles. The zero-order valence-corrected chi connectivity index (χ0v) is 12.8. The third-order valence-corrected chi connectivity index (χ3v) is 3.32. The number of carbonyl (C=O) groups is 1. The quantitative estimate of drug-likeness (QED) is 0.850. The number of hydrogen-bond acceptors (Lipinski definition) is 5. The van der Waals surface area contributed by atoms with E-state index in [9.17, 15) is 4.79 Å². The van der Waals surface area contributed by atoms with Crippen LogP contribution in [0.3, 0.4) is 0 Å². The third-order valence-electron chi connectivity index (χ3n) is 3.32. The molecule has 0 aliphatic rings. The van der Waals surface area contributed by atoms with Gasteiger partial charge in [0.25, 0.3) is 0 Å². The van der Waals surface area contributed by atoms with Gasteiger partial charge in [-0.2, -0.15) is 0 Å². The molecule has 0 aliphatic heterocycles. The molecular formula is C15H20N4O2. The maximum Gasteiger partial charge on any atom is 0.321 e. The number of rotatable bonds is 5. The van der Waals surface area contributed by atoms with Crippen LogP contribution in [0.25, 0.3) is 0 Å². The summed E-state index contributed by atoms with van der Waals surface area (Å²) in [4.78, 5) is 12.4. The third kappa shape index (κ3) is 3.04. The summed E-state index contributed by atoms with van der Waals surface area (Å²) in [6.07, 6.45) is 0. The summed E-state index contributed by atoms with van der Waals surface area (Å²) in [5, 5.41) is 11.1. The number of esters is 1. The Bertz CT molecular complexity index is 619. The van der Waals surface area contributed by atoms with Crippen molar-refractivity contribution in [3.05, 3.63) is 41.2 Å². The van der Waals surface area contributed by atoms with Gasteiger partial charge in [-0.3, -0.25) is 9.36 Å². The van der Waals surface area contributed by atoms with Crippen molar-refractivity contribution < 1.29 is 9.53 Å². The lowest BCUT2D eigenvalue weighted by atomic mass is 9.97. The molecule has 2 rings (SSSR count). The number of hydrogen-bond donors (Lipinski definition) is 1. The van der Waals surface area contributed by atoms with Crippen LogP contribution in [0.2, 0.25) is 0 Å². The van der Waals surface area contributed by atoms with Gasteiger partial charge in [0.05, 0.1) is 6.61 Å². The standard InChI is InChI=1S/C15H20N4O2/c1-5-21-14(20)12(11-8-6-10(2)7-9-11)13-17-18-15(16-3)19(13)4/h6-9,12H,5H2,1-4H3,(H,16,18). The first-order chi connectivity index (χ1) is 10.1. The van der Waals surface area contributed by atoms with Gasteiger partial charge < -0.3 is 10.1 Å². The molecule has 21 heavy (non-hydrogen) atoms. The van der Waals surface area contributed by atoms with E-state index in [4.69, 9.17) is 4.74 Å². The molecule has 6 nitrogen and oxygen atoms in total. The molecule has 1 unspecified atom stereocenters. The molecule has 0 fully saturated rings. The van der Waals surface area contributed by atoms with Crippen LogP contribution in [0.15, 0.2) is 24.3 Å². The Morgan fingerprint density at radius 2 is 2.00 bits per heavy atom. The van der Waals surface area contributed by atoms with Gasteiger partial charge in [0.2, 0.25) is 5.95 Å². The lowest BCUT2D eigenvalue weighted by molar-refractivity contribution is -0.144. The van der Waals surface area contributed by atoms with Gasteiger partial charge in [-0.1, -0.05) is 29.8 Å². The second-order valence-electron chi connectivity index (χ2n) is 4.79. The second-order valence-corrected chi connectivity index (χ2v) is 4.79. The van der Waals surface area contributed by atoms with E-state index in [1.807, 2.05) is 38.2 Å². The van der Waals surface area contributed by atoms with Crippen molar-refractivity contribution in [2.75, 3.05) is 19.0 Å². The summed E-state index contributed by atoms with van der Waals surface area (Å²) in [6, 6.07) is 7.78. The summed E-state index contributed by atoms with van der Waals surface area (Å²) in [5.74, 6) is 0.262. The fourth-order valence-electron chi connectivity index (χ4n) is 2.19. The highest BCUT2D eigenvalue weighted by Gasteiger charge is 2.29. The SMILES string of the molecule is CCOC(=O)C(c1ccc(C)cc1)c1nnc(NC)n1C. The van der Waals surface area contributed by atoms with Crippen molar-refractivity contribution in [1.29, 1.82) is 0 Å². The van der Waals surface area contributed by atoms with E-state index >= 15 is 0 Å². The van der Waals surface area contributed by atoms with Crippen LogP contribution in [-0.4, -0.2) is 34.4 Å². The molecule has 0 spiro atoms. The fraction of sp³-hybridized carbons (Fsp3) is 0.400. The van der Waals surface area contributed by atoms with Crippen molar-refractivity contribution in [2.45, 2.75) is 19.8 Å². The molecule has 1 N–H and O–H groups in total. The molecular weight excluding hydrogens is 268 g/mol. The molecule has 0 bridgehead atoms. The van der Waals surface area contributed by atoms with Gasteiger partial charge in [-0.15, -0.1) is 10.2 Å². The monoisotopic (exact) mass is 288 g/mol. The normalized spacial score (nSPS) is 12.0. The predicted octanol–water partition coefficient (Wildman–Crippen LogP) is 1.86. The smallest absolute Gasteiger partial charge is 0.321 e. The van der Waals surface area contributed by atoms with E-state index in [0.717, 1.165) is 11.1 Å². The number of anilines is 1. The summed E-state index contributed by atoms with van der Waals surface area (Å²) in [5.41, 5.74) is 1.98. The van der Waals surface area contributed by atoms with E-state index in [1.165, 1.54) is 0 Å². The van der Waals surface area contributed by atoms with Crippen molar-refractivity contribution in [1.82, 2.24) is 14.8 Å². The summed E-state index contributed by atoms with van der Waals surface area (Å²) >= 11 is 0. The number of ether oxygens (including phenoxy) is 1. The molecule has 0 amide bonds. The Kier molecular flexibility index (Phi) is 4.57. The minimum Gasteiger partial charge on any atom is -0.465 e. The highest BCUT2D eigenvalue weighted by molar-refractivity contribution is 5.81. The van der Waals surface area contributed by atoms with E-state index in [1.54, 1.807) is 18.5 Å². The zero-order valence-electron chi connectivity index (χ0n) is 12.8. The van der Waals surface area contributed by atoms with Gasteiger partial charge in [-0.05, 0) is 19.4 Å². The van der Waals surface area contributed by atoms with Crippen molar-refractivity contribution in [2.24, 2.45) is 7.05 Å². The Morgan fingerprint density at radius 3 is 2.52 bits per heavy atom. The first kappa shape index (κ1) is 15.0. The van der Waals surface area contributed by atoms with Crippen LogP contribution in [0.1, 0.15) is 29.8 Å². The maximum atomic E-state index is 12.4. The molecule has 0 radical (unpaired) electrons. The zero-order chi connectivity index (χ0) is 15.4. The van der Waals surface area contributed by atoms with E-state index in [2.05, 4.69) is 15.5 Å². The molecule has 2 aromatic rings. The molecule has 1 aromatic heterocycles. The maximum absolute atomic E-state index is 12.4. The summed E-state index contributed by atoms with van der Waals surface area (Å²) in [7, 11) is 3.58. The lowest BCUT2D eigenvalue weighted by Crippen LogP contribution is -2.21. The van der Waals surface area contributed by atoms with Gasteiger partial charge in [-0.25, -0.2) is 0 Å². The van der Waals surface area contributed by atoms with Crippen LogP contribution in [0, 0.1) is 6.92 Å². The fourth-order valence-corrected chi connectivity index (χ4v) is 2.19. The van der Waals surface area contributed by atoms with Crippen LogP contribution >= 0.6 is 0 Å².